The van der Waals surface area contributed by atoms with E-state index in [1.165, 1.54) is 7.11 Å². The molecule has 0 radical (unpaired) electrons. The third kappa shape index (κ3) is 3.80. The first kappa shape index (κ1) is 15.7. The van der Waals surface area contributed by atoms with Crippen LogP contribution in [0, 0.1) is 0 Å². The van der Waals surface area contributed by atoms with E-state index in [9.17, 15) is 4.79 Å². The number of rotatable bonds is 7. The molecule has 0 fully saturated rings. The fraction of sp³-hybridized carbons (Fsp3) is 0.714. The topological polar surface area (TPSA) is 56.2 Å². The summed E-state index contributed by atoms with van der Waals surface area (Å²) in [6, 6.07) is 0. The summed E-state index contributed by atoms with van der Waals surface area (Å²) in [4.78, 5) is 16.4. The van der Waals surface area contributed by atoms with Gasteiger partial charge in [0.25, 0.3) is 0 Å². The maximum absolute atomic E-state index is 12.0. The van der Waals surface area contributed by atoms with Crippen LogP contribution in [0.3, 0.4) is 0 Å². The number of hydrogen-bond acceptors (Lipinski definition) is 4. The Balaban J connectivity index is 2.93. The molecule has 1 N–H and O–H groups in total. The Bertz CT molecular complexity index is 415. The Morgan fingerprint density at radius 1 is 1.58 bits per heavy atom. The Morgan fingerprint density at radius 2 is 2.26 bits per heavy atom. The summed E-state index contributed by atoms with van der Waals surface area (Å²) in [6.07, 6.45) is 4.64. The summed E-state index contributed by atoms with van der Waals surface area (Å²) in [5.74, 6) is 1.06. The van der Waals surface area contributed by atoms with Gasteiger partial charge in [-0.15, -0.1) is 0 Å². The van der Waals surface area contributed by atoms with E-state index >= 15 is 0 Å². The van der Waals surface area contributed by atoms with Crippen molar-refractivity contribution >= 4 is 5.97 Å². The number of aromatic nitrogens is 2. The van der Waals surface area contributed by atoms with Crippen molar-refractivity contribution in [1.29, 1.82) is 0 Å². The van der Waals surface area contributed by atoms with Crippen LogP contribution < -0.4 is 5.32 Å². The number of carbonyl (C=O) groups is 1. The van der Waals surface area contributed by atoms with Crippen LogP contribution in [0.5, 0.6) is 0 Å². The quantitative estimate of drug-likeness (QED) is 0.767. The lowest BCUT2D eigenvalue weighted by atomic mass is 10.0. The molecule has 5 nitrogen and oxygen atoms in total. The van der Waals surface area contributed by atoms with Crippen molar-refractivity contribution in [2.75, 3.05) is 13.7 Å². The summed E-state index contributed by atoms with van der Waals surface area (Å²) in [7, 11) is 1.42. The number of carbonyl (C=O) groups excluding carboxylic acids is 1. The van der Waals surface area contributed by atoms with E-state index in [2.05, 4.69) is 31.1 Å². The molecule has 0 amide bonds. The Labute approximate surface area is 115 Å². The normalized spacial score (nSPS) is 14.4. The minimum Gasteiger partial charge on any atom is -0.468 e. The number of methoxy groups -OCH3 is 1. The van der Waals surface area contributed by atoms with Crippen LogP contribution in [0.4, 0.5) is 0 Å². The summed E-state index contributed by atoms with van der Waals surface area (Å²) in [5, 5.41) is 3.28. The van der Waals surface area contributed by atoms with Gasteiger partial charge in [0.05, 0.1) is 13.7 Å². The summed E-state index contributed by atoms with van der Waals surface area (Å²) in [6.45, 7) is 9.42. The highest BCUT2D eigenvalue weighted by atomic mass is 16.5. The Kier molecular flexibility index (Phi) is 5.54. The average molecular weight is 267 g/mol. The lowest BCUT2D eigenvalue weighted by Gasteiger charge is -2.29. The Hall–Kier alpha value is -1.36. The molecule has 0 spiro atoms. The predicted molar refractivity (Wildman–Crippen MR) is 75.0 cm³/mol. The first-order valence-electron chi connectivity index (χ1n) is 6.79. The summed E-state index contributed by atoms with van der Waals surface area (Å²) >= 11 is 0. The molecule has 0 aliphatic heterocycles. The zero-order chi connectivity index (χ0) is 14.5. The lowest BCUT2D eigenvalue weighted by molar-refractivity contribution is -0.148. The monoisotopic (exact) mass is 267 g/mol. The van der Waals surface area contributed by atoms with Crippen molar-refractivity contribution < 1.29 is 9.53 Å². The van der Waals surface area contributed by atoms with Gasteiger partial charge in [-0.2, -0.15) is 0 Å². The highest BCUT2D eigenvalue weighted by Crippen LogP contribution is 2.17. The number of hydrogen-bond donors (Lipinski definition) is 1. The second-order valence-electron chi connectivity index (χ2n) is 5.32. The molecule has 0 saturated carbocycles. The minimum absolute atomic E-state index is 0.246. The maximum Gasteiger partial charge on any atom is 0.327 e. The molecule has 0 aliphatic carbocycles. The molecule has 0 saturated heterocycles. The van der Waals surface area contributed by atoms with E-state index in [4.69, 9.17) is 4.74 Å². The predicted octanol–water partition coefficient (Wildman–Crippen LogP) is 1.94. The molecule has 1 atom stereocenters. The second-order valence-corrected chi connectivity index (χ2v) is 5.32. The molecule has 0 aromatic carbocycles. The van der Waals surface area contributed by atoms with Crippen molar-refractivity contribution in [3.63, 3.8) is 0 Å². The Morgan fingerprint density at radius 3 is 2.79 bits per heavy atom. The van der Waals surface area contributed by atoms with Gasteiger partial charge in [-0.05, 0) is 19.9 Å². The van der Waals surface area contributed by atoms with Crippen molar-refractivity contribution in [2.24, 2.45) is 0 Å². The molecule has 5 heteroatoms. The number of imidazole rings is 1. The first-order chi connectivity index (χ1) is 8.94. The molecular weight excluding hydrogens is 242 g/mol. The van der Waals surface area contributed by atoms with Crippen molar-refractivity contribution in [3.8, 4) is 0 Å². The molecule has 1 heterocycles. The third-order valence-corrected chi connectivity index (χ3v) is 3.15. The lowest BCUT2D eigenvalue weighted by Crippen LogP contribution is -2.53. The van der Waals surface area contributed by atoms with E-state index in [0.717, 1.165) is 18.8 Å². The van der Waals surface area contributed by atoms with Gasteiger partial charge in [0.1, 0.15) is 11.4 Å². The van der Waals surface area contributed by atoms with Crippen molar-refractivity contribution in [1.82, 2.24) is 14.9 Å². The first-order valence-corrected chi connectivity index (χ1v) is 6.79. The van der Waals surface area contributed by atoms with Gasteiger partial charge in [-0.1, -0.05) is 20.8 Å². The molecule has 0 aliphatic rings. The van der Waals surface area contributed by atoms with E-state index in [1.807, 2.05) is 17.7 Å². The fourth-order valence-corrected chi connectivity index (χ4v) is 2.11. The van der Waals surface area contributed by atoms with Gasteiger partial charge < -0.3 is 14.6 Å². The maximum atomic E-state index is 12.0. The number of esters is 1. The number of ether oxygens (including phenoxy) is 1. The van der Waals surface area contributed by atoms with Crippen LogP contribution in [-0.2, 0) is 16.1 Å². The SMILES string of the molecule is CCCNC(C)(Cn1ccnc1C(C)C)C(=O)OC. The van der Waals surface area contributed by atoms with Gasteiger partial charge >= 0.3 is 5.97 Å². The van der Waals surface area contributed by atoms with Gasteiger partial charge in [-0.25, -0.2) is 9.78 Å². The van der Waals surface area contributed by atoms with E-state index < -0.39 is 5.54 Å². The van der Waals surface area contributed by atoms with Crippen LogP contribution in [-0.4, -0.2) is 34.7 Å². The van der Waals surface area contributed by atoms with Gasteiger partial charge in [0.2, 0.25) is 0 Å². The van der Waals surface area contributed by atoms with Gasteiger partial charge in [0, 0.05) is 18.3 Å². The molecular formula is C14H25N3O2. The van der Waals surface area contributed by atoms with Crippen LogP contribution in [0.25, 0.3) is 0 Å². The van der Waals surface area contributed by atoms with Gasteiger partial charge in [-0.3, -0.25) is 0 Å². The van der Waals surface area contributed by atoms with Crippen LogP contribution in [0.1, 0.15) is 45.9 Å². The molecule has 1 rings (SSSR count). The highest BCUT2D eigenvalue weighted by molar-refractivity contribution is 5.80. The second kappa shape index (κ2) is 6.70. The van der Waals surface area contributed by atoms with Crippen molar-refractivity contribution in [3.05, 3.63) is 18.2 Å². The molecule has 108 valence electrons. The zero-order valence-electron chi connectivity index (χ0n) is 12.6. The van der Waals surface area contributed by atoms with E-state index in [-0.39, 0.29) is 5.97 Å². The van der Waals surface area contributed by atoms with Crippen LogP contribution in [0.2, 0.25) is 0 Å². The molecule has 19 heavy (non-hydrogen) atoms. The fourth-order valence-electron chi connectivity index (χ4n) is 2.11. The largest absolute Gasteiger partial charge is 0.468 e. The minimum atomic E-state index is -0.727. The smallest absolute Gasteiger partial charge is 0.327 e. The zero-order valence-corrected chi connectivity index (χ0v) is 12.6. The summed E-state index contributed by atoms with van der Waals surface area (Å²) < 4.78 is 6.94. The van der Waals surface area contributed by atoms with Crippen LogP contribution >= 0.6 is 0 Å². The molecule has 1 aromatic rings. The standard InChI is InChI=1S/C14H25N3O2/c1-6-7-16-14(4,13(18)19-5)10-17-9-8-15-12(17)11(2)3/h8-9,11,16H,6-7,10H2,1-5H3. The molecule has 1 unspecified atom stereocenters. The molecule has 1 aromatic heterocycles. The highest BCUT2D eigenvalue weighted by Gasteiger charge is 2.34. The number of nitrogens with zero attached hydrogens (tertiary/aromatic N) is 2. The van der Waals surface area contributed by atoms with Gasteiger partial charge in [0.15, 0.2) is 0 Å². The summed E-state index contributed by atoms with van der Waals surface area (Å²) in [5.41, 5.74) is -0.727. The van der Waals surface area contributed by atoms with Crippen LogP contribution in [0.15, 0.2) is 12.4 Å². The average Bonchev–Trinajstić information content (AvgIpc) is 2.83. The van der Waals surface area contributed by atoms with E-state index in [1.54, 1.807) is 6.20 Å². The van der Waals surface area contributed by atoms with E-state index in [0.29, 0.717) is 12.5 Å². The van der Waals surface area contributed by atoms with Crippen molar-refractivity contribution in [2.45, 2.75) is 52.1 Å². The number of nitrogens with one attached hydrogen (secondary N) is 1. The third-order valence-electron chi connectivity index (χ3n) is 3.15. The molecule has 0 bridgehead atoms.